The van der Waals surface area contributed by atoms with E-state index in [0.717, 1.165) is 13.0 Å². The molecular weight excluding hydrogens is 212 g/mol. The Morgan fingerprint density at radius 3 is 2.94 bits per heavy atom. The molecular formula is C13H20N4. The summed E-state index contributed by atoms with van der Waals surface area (Å²) in [6.45, 7) is 3.18. The van der Waals surface area contributed by atoms with Gasteiger partial charge in [0.15, 0.2) is 0 Å². The predicted molar refractivity (Wildman–Crippen MR) is 68.8 cm³/mol. The van der Waals surface area contributed by atoms with Gasteiger partial charge in [0.1, 0.15) is 0 Å². The summed E-state index contributed by atoms with van der Waals surface area (Å²) in [4.78, 5) is 0. The molecule has 1 unspecified atom stereocenters. The molecule has 0 aliphatic heterocycles. The van der Waals surface area contributed by atoms with E-state index in [4.69, 9.17) is 0 Å². The zero-order valence-corrected chi connectivity index (χ0v) is 10.7. The molecule has 4 nitrogen and oxygen atoms in total. The minimum Gasteiger partial charge on any atom is -0.350 e. The molecule has 92 valence electrons. The molecule has 2 aromatic rings. The summed E-state index contributed by atoms with van der Waals surface area (Å²) < 4.78 is 4.15. The minimum absolute atomic E-state index is 0.388. The molecule has 0 bridgehead atoms. The van der Waals surface area contributed by atoms with Crippen molar-refractivity contribution in [3.63, 3.8) is 0 Å². The maximum absolute atomic E-state index is 4.19. The predicted octanol–water partition coefficient (Wildman–Crippen LogP) is 1.74. The zero-order valence-electron chi connectivity index (χ0n) is 10.7. The molecule has 2 rings (SSSR count). The molecule has 0 aliphatic rings. The van der Waals surface area contributed by atoms with Crippen molar-refractivity contribution < 1.29 is 0 Å². The molecule has 2 heterocycles. The normalized spacial score (nSPS) is 12.9. The summed E-state index contributed by atoms with van der Waals surface area (Å²) in [7, 11) is 3.94. The van der Waals surface area contributed by atoms with Gasteiger partial charge in [0, 0.05) is 37.7 Å². The van der Waals surface area contributed by atoms with Gasteiger partial charge in [0.2, 0.25) is 0 Å². The van der Waals surface area contributed by atoms with Gasteiger partial charge in [-0.2, -0.15) is 5.10 Å². The number of aromatic nitrogens is 3. The lowest BCUT2D eigenvalue weighted by atomic mass is 10.2. The molecule has 1 N–H and O–H groups in total. The van der Waals surface area contributed by atoms with Crippen molar-refractivity contribution >= 4 is 0 Å². The van der Waals surface area contributed by atoms with Gasteiger partial charge < -0.3 is 9.88 Å². The van der Waals surface area contributed by atoms with Crippen LogP contribution < -0.4 is 5.32 Å². The second kappa shape index (κ2) is 5.19. The van der Waals surface area contributed by atoms with Gasteiger partial charge in [0.25, 0.3) is 0 Å². The topological polar surface area (TPSA) is 34.8 Å². The molecule has 1 atom stereocenters. The van der Waals surface area contributed by atoms with E-state index in [-0.39, 0.29) is 0 Å². The quantitative estimate of drug-likeness (QED) is 0.852. The zero-order chi connectivity index (χ0) is 12.3. The second-order valence-corrected chi connectivity index (χ2v) is 4.41. The Hall–Kier alpha value is -1.55. The van der Waals surface area contributed by atoms with Gasteiger partial charge >= 0.3 is 0 Å². The molecule has 2 aromatic heterocycles. The number of nitrogens with one attached hydrogen (secondary N) is 1. The third-order valence-electron chi connectivity index (χ3n) is 3.14. The van der Waals surface area contributed by atoms with Crippen LogP contribution in [0.2, 0.25) is 0 Å². The van der Waals surface area contributed by atoms with Crippen LogP contribution in [0.5, 0.6) is 0 Å². The third kappa shape index (κ3) is 2.77. The second-order valence-electron chi connectivity index (χ2n) is 4.41. The summed E-state index contributed by atoms with van der Waals surface area (Å²) in [5, 5.41) is 7.46. The Morgan fingerprint density at radius 1 is 1.47 bits per heavy atom. The molecule has 4 heteroatoms. The standard InChI is InChI=1S/C13H20N4/c1-11(14-2)13-5-4-7-17(13)8-6-12-9-15-16(3)10-12/h4-5,7,9-11,14H,6,8H2,1-3H3. The van der Waals surface area contributed by atoms with E-state index in [0.29, 0.717) is 6.04 Å². The van der Waals surface area contributed by atoms with Crippen LogP contribution in [0.25, 0.3) is 0 Å². The van der Waals surface area contributed by atoms with Gasteiger partial charge in [-0.3, -0.25) is 4.68 Å². The number of aryl methyl sites for hydroxylation is 3. The molecule has 0 aliphatic carbocycles. The molecule has 0 radical (unpaired) electrons. The maximum Gasteiger partial charge on any atom is 0.0522 e. The summed E-state index contributed by atoms with van der Waals surface area (Å²) in [5.41, 5.74) is 2.61. The fourth-order valence-electron chi connectivity index (χ4n) is 2.02. The summed E-state index contributed by atoms with van der Waals surface area (Å²) in [5.74, 6) is 0. The van der Waals surface area contributed by atoms with E-state index < -0.39 is 0 Å². The maximum atomic E-state index is 4.19. The van der Waals surface area contributed by atoms with Crippen LogP contribution >= 0.6 is 0 Å². The Bertz CT molecular complexity index is 469. The highest BCUT2D eigenvalue weighted by molar-refractivity contribution is 5.12. The first-order valence-corrected chi connectivity index (χ1v) is 6.00. The number of hydrogen-bond acceptors (Lipinski definition) is 2. The SMILES string of the molecule is CNC(C)c1cccn1CCc1cnn(C)c1. The molecule has 0 fully saturated rings. The first kappa shape index (κ1) is 11.9. The summed E-state index contributed by atoms with van der Waals surface area (Å²) in [6.07, 6.45) is 7.17. The first-order chi connectivity index (χ1) is 8.20. The lowest BCUT2D eigenvalue weighted by Gasteiger charge is -2.14. The molecule has 0 spiro atoms. The van der Waals surface area contributed by atoms with E-state index in [1.54, 1.807) is 0 Å². The average Bonchev–Trinajstić information content (AvgIpc) is 2.94. The summed E-state index contributed by atoms with van der Waals surface area (Å²) >= 11 is 0. The Balaban J connectivity index is 2.01. The van der Waals surface area contributed by atoms with Crippen molar-refractivity contribution in [3.8, 4) is 0 Å². The van der Waals surface area contributed by atoms with Gasteiger partial charge in [-0.25, -0.2) is 0 Å². The first-order valence-electron chi connectivity index (χ1n) is 6.00. The van der Waals surface area contributed by atoms with Crippen LogP contribution in [0.1, 0.15) is 24.2 Å². The van der Waals surface area contributed by atoms with Crippen molar-refractivity contribution in [1.82, 2.24) is 19.7 Å². The lowest BCUT2D eigenvalue weighted by Crippen LogP contribution is -2.17. The van der Waals surface area contributed by atoms with Crippen LogP contribution in [0.15, 0.2) is 30.7 Å². The van der Waals surface area contributed by atoms with Crippen molar-refractivity contribution in [2.75, 3.05) is 7.05 Å². The Kier molecular flexibility index (Phi) is 3.64. The number of hydrogen-bond donors (Lipinski definition) is 1. The van der Waals surface area contributed by atoms with E-state index in [1.165, 1.54) is 11.3 Å². The van der Waals surface area contributed by atoms with Gasteiger partial charge in [0.05, 0.1) is 6.20 Å². The highest BCUT2D eigenvalue weighted by Crippen LogP contribution is 2.13. The lowest BCUT2D eigenvalue weighted by molar-refractivity contribution is 0.567. The van der Waals surface area contributed by atoms with Crippen LogP contribution in [0.3, 0.4) is 0 Å². The Labute approximate surface area is 102 Å². The van der Waals surface area contributed by atoms with Crippen LogP contribution in [-0.2, 0) is 20.0 Å². The number of rotatable bonds is 5. The highest BCUT2D eigenvalue weighted by atomic mass is 15.2. The third-order valence-corrected chi connectivity index (χ3v) is 3.14. The largest absolute Gasteiger partial charge is 0.350 e. The molecule has 0 amide bonds. The van der Waals surface area contributed by atoms with Crippen LogP contribution in [0.4, 0.5) is 0 Å². The molecule has 0 saturated carbocycles. The fraction of sp³-hybridized carbons (Fsp3) is 0.462. The van der Waals surface area contributed by atoms with Crippen LogP contribution in [-0.4, -0.2) is 21.4 Å². The van der Waals surface area contributed by atoms with Gasteiger partial charge in [-0.15, -0.1) is 0 Å². The molecule has 0 aromatic carbocycles. The Morgan fingerprint density at radius 2 is 2.29 bits per heavy atom. The van der Waals surface area contributed by atoms with Crippen molar-refractivity contribution in [3.05, 3.63) is 42.0 Å². The van der Waals surface area contributed by atoms with E-state index in [9.17, 15) is 0 Å². The average molecular weight is 232 g/mol. The van der Waals surface area contributed by atoms with Crippen LogP contribution in [0, 0.1) is 0 Å². The van der Waals surface area contributed by atoms with E-state index in [2.05, 4.69) is 46.4 Å². The van der Waals surface area contributed by atoms with Gasteiger partial charge in [-0.05, 0) is 38.1 Å². The smallest absolute Gasteiger partial charge is 0.0522 e. The number of nitrogens with zero attached hydrogens (tertiary/aromatic N) is 3. The molecule has 0 saturated heterocycles. The van der Waals surface area contributed by atoms with Crippen molar-refractivity contribution in [2.24, 2.45) is 7.05 Å². The van der Waals surface area contributed by atoms with E-state index >= 15 is 0 Å². The highest BCUT2D eigenvalue weighted by Gasteiger charge is 2.07. The fourth-order valence-corrected chi connectivity index (χ4v) is 2.02. The van der Waals surface area contributed by atoms with Crippen molar-refractivity contribution in [2.45, 2.75) is 25.9 Å². The van der Waals surface area contributed by atoms with Crippen molar-refractivity contribution in [1.29, 1.82) is 0 Å². The van der Waals surface area contributed by atoms with E-state index in [1.807, 2.05) is 25.0 Å². The minimum atomic E-state index is 0.388. The van der Waals surface area contributed by atoms with Gasteiger partial charge in [-0.1, -0.05) is 0 Å². The summed E-state index contributed by atoms with van der Waals surface area (Å²) in [6, 6.07) is 4.66. The molecule has 17 heavy (non-hydrogen) atoms. The monoisotopic (exact) mass is 232 g/mol.